The minimum atomic E-state index is -4.63. The number of nitrogens with zero attached hydrogens (tertiary/aromatic N) is 1. The van der Waals surface area contributed by atoms with Crippen molar-refractivity contribution in [2.45, 2.75) is 23.5 Å². The van der Waals surface area contributed by atoms with Gasteiger partial charge in [0.25, 0.3) is 0 Å². The zero-order valence-electron chi connectivity index (χ0n) is 13.5. The van der Waals surface area contributed by atoms with Crippen LogP contribution in [0.25, 0.3) is 0 Å². The maximum Gasteiger partial charge on any atom is 0.416 e. The fraction of sp³-hybridized carbons (Fsp3) is 0.333. The van der Waals surface area contributed by atoms with E-state index in [0.717, 1.165) is 23.3 Å². The molecule has 2 aliphatic rings. The van der Waals surface area contributed by atoms with Crippen molar-refractivity contribution in [1.82, 2.24) is 4.98 Å². The van der Waals surface area contributed by atoms with Crippen molar-refractivity contribution in [2.24, 2.45) is 11.8 Å². The highest BCUT2D eigenvalue weighted by Gasteiger charge is 2.59. The summed E-state index contributed by atoms with van der Waals surface area (Å²) in [4.78, 5) is 15.2. The number of pyridine rings is 1. The van der Waals surface area contributed by atoms with Crippen LogP contribution in [-0.4, -0.2) is 16.1 Å². The molecule has 4 rings (SSSR count). The third kappa shape index (κ3) is 3.18. The number of ether oxygens (including phenoxy) is 1. The molecule has 1 N–H and O–H groups in total. The number of hydrogen-bond acceptors (Lipinski definition) is 3. The second kappa shape index (κ2) is 6.19. The molecular formula is C18H12BrF4NO3. The number of aliphatic carboxylic acids is 1. The second-order valence-corrected chi connectivity index (χ2v) is 7.48. The summed E-state index contributed by atoms with van der Waals surface area (Å²) in [5.41, 5.74) is 0.650. The number of aromatic nitrogens is 1. The Kier molecular flexibility index (Phi) is 4.17. The third-order valence-electron chi connectivity index (χ3n) is 5.06. The first kappa shape index (κ1) is 18.2. The minimum Gasteiger partial charge on any atom is -0.481 e. The normalized spacial score (nSPS) is 24.1. The van der Waals surface area contributed by atoms with Crippen molar-refractivity contribution in [3.05, 3.63) is 58.5 Å². The van der Waals surface area contributed by atoms with Gasteiger partial charge in [-0.15, -0.1) is 0 Å². The molecule has 1 aromatic carbocycles. The van der Waals surface area contributed by atoms with E-state index in [1.165, 1.54) is 0 Å². The predicted molar refractivity (Wildman–Crippen MR) is 89.0 cm³/mol. The van der Waals surface area contributed by atoms with Gasteiger partial charge in [0.1, 0.15) is 5.82 Å². The van der Waals surface area contributed by atoms with Gasteiger partial charge in [-0.2, -0.15) is 13.2 Å². The monoisotopic (exact) mass is 445 g/mol. The zero-order valence-corrected chi connectivity index (χ0v) is 15.1. The molecule has 4 atom stereocenters. The van der Waals surface area contributed by atoms with Crippen LogP contribution in [0.2, 0.25) is 0 Å². The van der Waals surface area contributed by atoms with Crippen LogP contribution in [0.15, 0.2) is 30.5 Å². The largest absolute Gasteiger partial charge is 0.481 e. The molecule has 2 aliphatic carbocycles. The van der Waals surface area contributed by atoms with E-state index in [1.807, 2.05) is 0 Å². The number of hydrogen-bond donors (Lipinski definition) is 1. The van der Waals surface area contributed by atoms with Crippen molar-refractivity contribution in [1.29, 1.82) is 0 Å². The zero-order chi connectivity index (χ0) is 19.5. The summed E-state index contributed by atoms with van der Waals surface area (Å²) in [5, 5.41) is 8.10. The Labute approximate surface area is 159 Å². The Morgan fingerprint density at radius 3 is 2.70 bits per heavy atom. The average Bonchev–Trinajstić information content (AvgIpc) is 3.17. The van der Waals surface area contributed by atoms with Crippen LogP contribution >= 0.6 is 15.9 Å². The number of carbonyl (C=O) groups is 1. The number of alkyl halides is 4. The van der Waals surface area contributed by atoms with E-state index in [-0.39, 0.29) is 29.2 Å². The summed E-state index contributed by atoms with van der Waals surface area (Å²) in [6.07, 6.45) is -2.46. The molecule has 4 unspecified atom stereocenters. The van der Waals surface area contributed by atoms with Crippen LogP contribution in [0.1, 0.15) is 33.2 Å². The fourth-order valence-electron chi connectivity index (χ4n) is 3.73. The van der Waals surface area contributed by atoms with Crippen molar-refractivity contribution in [3.8, 4) is 5.88 Å². The van der Waals surface area contributed by atoms with Crippen LogP contribution < -0.4 is 4.74 Å². The lowest BCUT2D eigenvalue weighted by molar-refractivity contribution is -0.139. The summed E-state index contributed by atoms with van der Waals surface area (Å²) < 4.78 is 57.5. The predicted octanol–water partition coefficient (Wildman–Crippen LogP) is 4.68. The van der Waals surface area contributed by atoms with Crippen molar-refractivity contribution < 1.29 is 32.2 Å². The molecule has 0 aliphatic heterocycles. The van der Waals surface area contributed by atoms with Gasteiger partial charge in [0, 0.05) is 23.7 Å². The maximum absolute atomic E-state index is 14.0. The summed E-state index contributed by atoms with van der Waals surface area (Å²) >= 11 is 3.12. The van der Waals surface area contributed by atoms with Crippen LogP contribution in [0, 0.1) is 17.7 Å². The van der Waals surface area contributed by atoms with Gasteiger partial charge in [0.2, 0.25) is 5.88 Å². The molecule has 0 spiro atoms. The van der Waals surface area contributed by atoms with Crippen LogP contribution in [0.3, 0.4) is 0 Å². The standard InChI is InChI=1S/C18H12BrF4NO3/c19-16(9-2-1-8(5-12(9)20)18(21,22)23)27-13-4-7-3-10-14(11(7)6-24-13)15(10)17(25)26/h1-2,4-6,10,14-16H,3H2,(H,25,26). The fourth-order valence-corrected chi connectivity index (χ4v) is 4.29. The van der Waals surface area contributed by atoms with E-state index < -0.39 is 28.5 Å². The summed E-state index contributed by atoms with van der Waals surface area (Å²) in [6, 6.07) is 3.88. The van der Waals surface area contributed by atoms with Gasteiger partial charge in [0.05, 0.1) is 11.5 Å². The minimum absolute atomic E-state index is 0.0221. The molecule has 0 bridgehead atoms. The van der Waals surface area contributed by atoms with Gasteiger partial charge in [-0.1, -0.05) is 6.07 Å². The highest BCUT2D eigenvalue weighted by molar-refractivity contribution is 9.09. The molecule has 1 fully saturated rings. The molecule has 1 aromatic heterocycles. The smallest absolute Gasteiger partial charge is 0.416 e. The number of carboxylic acid groups (broad SMARTS) is 1. The molecule has 0 saturated heterocycles. The number of halogens is 5. The van der Waals surface area contributed by atoms with Crippen LogP contribution in [0.4, 0.5) is 17.6 Å². The Balaban J connectivity index is 1.50. The topological polar surface area (TPSA) is 59.4 Å². The molecule has 9 heteroatoms. The molecule has 27 heavy (non-hydrogen) atoms. The first-order valence-electron chi connectivity index (χ1n) is 8.06. The van der Waals surface area contributed by atoms with Gasteiger partial charge in [0.15, 0.2) is 5.01 Å². The van der Waals surface area contributed by atoms with E-state index in [9.17, 15) is 22.4 Å². The SMILES string of the molecule is O=C(O)C1C2Cc3cc(OC(Br)c4ccc(C(F)(F)F)cc4F)ncc3C21. The van der Waals surface area contributed by atoms with E-state index in [4.69, 9.17) is 9.84 Å². The quantitative estimate of drug-likeness (QED) is 0.548. The Morgan fingerprint density at radius 2 is 2.07 bits per heavy atom. The summed E-state index contributed by atoms with van der Waals surface area (Å²) in [6.45, 7) is 0. The number of carboxylic acids is 1. The average molecular weight is 446 g/mol. The molecule has 2 aromatic rings. The lowest BCUT2D eigenvalue weighted by atomic mass is 10.0. The van der Waals surface area contributed by atoms with Crippen molar-refractivity contribution in [2.75, 3.05) is 0 Å². The summed E-state index contributed by atoms with van der Waals surface area (Å²) in [5.74, 6) is -1.99. The van der Waals surface area contributed by atoms with Crippen LogP contribution in [0.5, 0.6) is 5.88 Å². The molecule has 1 saturated carbocycles. The van der Waals surface area contributed by atoms with Gasteiger partial charge in [-0.3, -0.25) is 4.79 Å². The molecule has 142 valence electrons. The molecule has 0 amide bonds. The number of rotatable bonds is 4. The van der Waals surface area contributed by atoms with Gasteiger partial charge in [-0.25, -0.2) is 9.37 Å². The lowest BCUT2D eigenvalue weighted by Crippen LogP contribution is -2.09. The van der Waals surface area contributed by atoms with E-state index in [1.54, 1.807) is 12.3 Å². The van der Waals surface area contributed by atoms with Crippen molar-refractivity contribution in [3.63, 3.8) is 0 Å². The highest BCUT2D eigenvalue weighted by atomic mass is 79.9. The molecule has 0 radical (unpaired) electrons. The van der Waals surface area contributed by atoms with E-state index >= 15 is 0 Å². The third-order valence-corrected chi connectivity index (χ3v) is 5.74. The number of benzene rings is 1. The summed E-state index contributed by atoms with van der Waals surface area (Å²) in [7, 11) is 0. The Bertz CT molecular complexity index is 933. The van der Waals surface area contributed by atoms with Crippen LogP contribution in [-0.2, 0) is 17.4 Å². The van der Waals surface area contributed by atoms with E-state index in [0.29, 0.717) is 12.5 Å². The second-order valence-electron chi connectivity index (χ2n) is 6.65. The highest BCUT2D eigenvalue weighted by Crippen LogP contribution is 2.61. The molecule has 1 heterocycles. The Hall–Kier alpha value is -2.16. The number of fused-ring (bicyclic) bond motifs is 3. The van der Waals surface area contributed by atoms with E-state index in [2.05, 4.69) is 20.9 Å². The maximum atomic E-state index is 14.0. The van der Waals surface area contributed by atoms with Gasteiger partial charge in [-0.05, 0) is 51.5 Å². The molecular weight excluding hydrogens is 434 g/mol. The lowest BCUT2D eigenvalue weighted by Gasteiger charge is -2.16. The Morgan fingerprint density at radius 1 is 1.33 bits per heavy atom. The van der Waals surface area contributed by atoms with Crippen molar-refractivity contribution >= 4 is 21.9 Å². The van der Waals surface area contributed by atoms with Gasteiger partial charge >= 0.3 is 12.1 Å². The van der Waals surface area contributed by atoms with Gasteiger partial charge < -0.3 is 9.84 Å². The first-order valence-corrected chi connectivity index (χ1v) is 8.97. The molecule has 4 nitrogen and oxygen atoms in total. The first-order chi connectivity index (χ1) is 12.7.